The topological polar surface area (TPSA) is 20.2 Å². The largest absolute Gasteiger partial charge is 0.392 e. The van der Waals surface area contributed by atoms with Gasteiger partial charge in [0.2, 0.25) is 0 Å². The van der Waals surface area contributed by atoms with Crippen molar-refractivity contribution in [2.45, 2.75) is 55.8 Å². The Morgan fingerprint density at radius 3 is 2.88 bits per heavy atom. The SMILES string of the molecule is CCCC(C)CC(O)C1Cc2ccccc2S1. The lowest BCUT2D eigenvalue weighted by molar-refractivity contribution is 0.141. The van der Waals surface area contributed by atoms with E-state index in [9.17, 15) is 5.11 Å². The van der Waals surface area contributed by atoms with Crippen molar-refractivity contribution in [1.29, 1.82) is 0 Å². The number of aliphatic hydroxyl groups is 1. The van der Waals surface area contributed by atoms with Crippen molar-refractivity contribution < 1.29 is 5.11 Å². The summed E-state index contributed by atoms with van der Waals surface area (Å²) in [7, 11) is 0. The highest BCUT2D eigenvalue weighted by atomic mass is 32.2. The van der Waals surface area contributed by atoms with Gasteiger partial charge in [-0.3, -0.25) is 0 Å². The minimum Gasteiger partial charge on any atom is -0.392 e. The number of hydrogen-bond donors (Lipinski definition) is 1. The summed E-state index contributed by atoms with van der Waals surface area (Å²) in [5.74, 6) is 0.638. The molecule has 3 unspecified atom stereocenters. The molecule has 1 nitrogen and oxygen atoms in total. The first-order valence-corrected chi connectivity index (χ1v) is 7.51. The van der Waals surface area contributed by atoms with Crippen LogP contribution in [0.1, 0.15) is 38.7 Å². The van der Waals surface area contributed by atoms with Gasteiger partial charge in [0.15, 0.2) is 0 Å². The van der Waals surface area contributed by atoms with Gasteiger partial charge in [0.25, 0.3) is 0 Å². The van der Waals surface area contributed by atoms with Crippen LogP contribution in [0.4, 0.5) is 0 Å². The summed E-state index contributed by atoms with van der Waals surface area (Å²) >= 11 is 1.85. The quantitative estimate of drug-likeness (QED) is 0.855. The van der Waals surface area contributed by atoms with Gasteiger partial charge in [-0.15, -0.1) is 11.8 Å². The second kappa shape index (κ2) is 5.92. The summed E-state index contributed by atoms with van der Waals surface area (Å²) in [6.07, 6.45) is 4.25. The molecule has 94 valence electrons. The van der Waals surface area contributed by atoms with Gasteiger partial charge in [0.05, 0.1) is 6.10 Å². The Bertz CT molecular complexity index is 339. The molecule has 1 aliphatic rings. The molecule has 0 amide bonds. The maximum absolute atomic E-state index is 10.3. The van der Waals surface area contributed by atoms with Crippen molar-refractivity contribution in [3.05, 3.63) is 29.8 Å². The second-order valence-electron chi connectivity index (χ2n) is 5.17. The number of fused-ring (bicyclic) bond motifs is 1. The lowest BCUT2D eigenvalue weighted by Crippen LogP contribution is -2.24. The molecular weight excluding hydrogens is 228 g/mol. The zero-order chi connectivity index (χ0) is 12.3. The Kier molecular flexibility index (Phi) is 4.52. The Morgan fingerprint density at radius 1 is 1.41 bits per heavy atom. The first-order chi connectivity index (χ1) is 8.20. The van der Waals surface area contributed by atoms with E-state index in [1.165, 1.54) is 23.3 Å². The Balaban J connectivity index is 1.89. The monoisotopic (exact) mass is 250 g/mol. The first kappa shape index (κ1) is 13.0. The molecule has 17 heavy (non-hydrogen) atoms. The molecule has 0 saturated heterocycles. The van der Waals surface area contributed by atoms with Crippen molar-refractivity contribution >= 4 is 11.8 Å². The molecule has 0 aliphatic carbocycles. The van der Waals surface area contributed by atoms with Crippen LogP contribution in [0.2, 0.25) is 0 Å². The summed E-state index contributed by atoms with van der Waals surface area (Å²) in [5.41, 5.74) is 1.41. The molecule has 0 fully saturated rings. The zero-order valence-corrected chi connectivity index (χ0v) is 11.5. The summed E-state index contributed by atoms with van der Waals surface area (Å²) in [6.45, 7) is 4.46. The number of benzene rings is 1. The third-order valence-corrected chi connectivity index (χ3v) is 4.96. The number of rotatable bonds is 5. The van der Waals surface area contributed by atoms with Crippen LogP contribution in [0.25, 0.3) is 0 Å². The van der Waals surface area contributed by atoms with Crippen molar-refractivity contribution in [3.63, 3.8) is 0 Å². The van der Waals surface area contributed by atoms with E-state index in [0.29, 0.717) is 11.2 Å². The molecule has 1 heterocycles. The molecule has 0 saturated carbocycles. The van der Waals surface area contributed by atoms with Gasteiger partial charge in [0.1, 0.15) is 0 Å². The van der Waals surface area contributed by atoms with Crippen LogP contribution in [0.3, 0.4) is 0 Å². The highest BCUT2D eigenvalue weighted by Gasteiger charge is 2.28. The Labute approximate surface area is 109 Å². The van der Waals surface area contributed by atoms with Crippen LogP contribution in [0, 0.1) is 5.92 Å². The highest BCUT2D eigenvalue weighted by molar-refractivity contribution is 8.00. The first-order valence-electron chi connectivity index (χ1n) is 6.63. The van der Waals surface area contributed by atoms with Gasteiger partial charge in [0, 0.05) is 10.1 Å². The fraction of sp³-hybridized carbons (Fsp3) is 0.600. The molecular formula is C15H22OS. The summed E-state index contributed by atoms with van der Waals surface area (Å²) in [5, 5.41) is 10.7. The Morgan fingerprint density at radius 2 is 2.18 bits per heavy atom. The highest BCUT2D eigenvalue weighted by Crippen LogP contribution is 2.39. The predicted octanol–water partition coefficient (Wildman–Crippen LogP) is 3.89. The van der Waals surface area contributed by atoms with Crippen molar-refractivity contribution in [2.75, 3.05) is 0 Å². The van der Waals surface area contributed by atoms with Gasteiger partial charge in [-0.25, -0.2) is 0 Å². The van der Waals surface area contributed by atoms with Crippen molar-refractivity contribution in [1.82, 2.24) is 0 Å². The van der Waals surface area contributed by atoms with Crippen LogP contribution in [0.5, 0.6) is 0 Å². The second-order valence-corrected chi connectivity index (χ2v) is 6.45. The molecule has 0 radical (unpaired) electrons. The fourth-order valence-electron chi connectivity index (χ4n) is 2.60. The van der Waals surface area contributed by atoms with E-state index in [2.05, 4.69) is 38.1 Å². The van der Waals surface area contributed by atoms with E-state index in [1.54, 1.807) is 0 Å². The van der Waals surface area contributed by atoms with Gasteiger partial charge < -0.3 is 5.11 Å². The van der Waals surface area contributed by atoms with Gasteiger partial charge in [-0.2, -0.15) is 0 Å². The third kappa shape index (κ3) is 3.26. The zero-order valence-electron chi connectivity index (χ0n) is 10.7. The minimum atomic E-state index is -0.158. The van der Waals surface area contributed by atoms with Crippen LogP contribution < -0.4 is 0 Å². The van der Waals surface area contributed by atoms with E-state index in [4.69, 9.17) is 0 Å². The van der Waals surface area contributed by atoms with Crippen LogP contribution >= 0.6 is 11.8 Å². The fourth-order valence-corrected chi connectivity index (χ4v) is 3.92. The molecule has 1 aromatic rings. The van der Waals surface area contributed by atoms with Crippen LogP contribution in [-0.4, -0.2) is 16.5 Å². The number of hydrogen-bond acceptors (Lipinski definition) is 2. The molecule has 2 heteroatoms. The average molecular weight is 250 g/mol. The minimum absolute atomic E-state index is 0.158. The normalized spacial score (nSPS) is 22.2. The van der Waals surface area contributed by atoms with Gasteiger partial charge in [-0.05, 0) is 30.4 Å². The molecule has 1 aliphatic heterocycles. The van der Waals surface area contributed by atoms with Crippen LogP contribution in [0.15, 0.2) is 29.2 Å². The summed E-state index contributed by atoms with van der Waals surface area (Å²) in [6, 6.07) is 8.53. The number of thioether (sulfide) groups is 1. The smallest absolute Gasteiger partial charge is 0.0668 e. The molecule has 0 aromatic heterocycles. The predicted molar refractivity (Wildman–Crippen MR) is 74.5 cm³/mol. The van der Waals surface area contributed by atoms with E-state index in [-0.39, 0.29) is 6.10 Å². The van der Waals surface area contributed by atoms with E-state index >= 15 is 0 Å². The van der Waals surface area contributed by atoms with E-state index < -0.39 is 0 Å². The standard InChI is InChI=1S/C15H22OS/c1-3-6-11(2)9-13(16)15-10-12-7-4-5-8-14(12)17-15/h4-5,7-8,11,13,15-16H,3,6,9-10H2,1-2H3. The lowest BCUT2D eigenvalue weighted by atomic mass is 9.95. The lowest BCUT2D eigenvalue weighted by Gasteiger charge is -2.20. The molecule has 2 rings (SSSR count). The van der Waals surface area contributed by atoms with Gasteiger partial charge >= 0.3 is 0 Å². The molecule has 1 N–H and O–H groups in total. The summed E-state index contributed by atoms with van der Waals surface area (Å²) < 4.78 is 0. The number of aliphatic hydroxyl groups excluding tert-OH is 1. The van der Waals surface area contributed by atoms with Crippen LogP contribution in [-0.2, 0) is 6.42 Å². The molecule has 3 atom stereocenters. The third-order valence-electron chi connectivity index (χ3n) is 3.53. The van der Waals surface area contributed by atoms with E-state index in [1.807, 2.05) is 11.8 Å². The molecule has 0 spiro atoms. The molecule has 1 aromatic carbocycles. The van der Waals surface area contributed by atoms with Crippen molar-refractivity contribution in [2.24, 2.45) is 5.92 Å². The molecule has 0 bridgehead atoms. The average Bonchev–Trinajstić information content (AvgIpc) is 2.72. The van der Waals surface area contributed by atoms with Gasteiger partial charge in [-0.1, -0.05) is 44.9 Å². The maximum atomic E-state index is 10.3. The maximum Gasteiger partial charge on any atom is 0.0668 e. The Hall–Kier alpha value is -0.470. The summed E-state index contributed by atoms with van der Waals surface area (Å²) in [4.78, 5) is 1.36. The van der Waals surface area contributed by atoms with E-state index in [0.717, 1.165) is 12.8 Å². The van der Waals surface area contributed by atoms with Crippen molar-refractivity contribution in [3.8, 4) is 0 Å².